The number of pyridine rings is 1. The third-order valence-electron chi connectivity index (χ3n) is 5.62. The number of carbonyl (C=O) groups excluding carboxylic acids is 1. The molecule has 2 N–H and O–H groups in total. The molecule has 3 aromatic rings. The Hall–Kier alpha value is -2.86. The van der Waals surface area contributed by atoms with Gasteiger partial charge in [0.15, 0.2) is 5.82 Å². The lowest BCUT2D eigenvalue weighted by Gasteiger charge is -2.26. The van der Waals surface area contributed by atoms with Crippen LogP contribution >= 0.6 is 0 Å². The van der Waals surface area contributed by atoms with Crippen molar-refractivity contribution in [3.8, 4) is 0 Å². The summed E-state index contributed by atoms with van der Waals surface area (Å²) in [6, 6.07) is 8.33. The molecule has 1 saturated heterocycles. The second-order valence-corrected chi connectivity index (χ2v) is 7.45. The lowest BCUT2D eigenvalue weighted by Crippen LogP contribution is -2.42. The molecule has 1 fully saturated rings. The van der Waals surface area contributed by atoms with Crippen LogP contribution in [-0.2, 0) is 16.1 Å². The van der Waals surface area contributed by atoms with E-state index < -0.39 is 0 Å². The molecule has 1 aliphatic rings. The van der Waals surface area contributed by atoms with E-state index in [1.54, 1.807) is 4.90 Å². The van der Waals surface area contributed by atoms with Crippen LogP contribution in [0.4, 0.5) is 11.6 Å². The first kappa shape index (κ1) is 18.5. The predicted molar refractivity (Wildman–Crippen MR) is 112 cm³/mol. The molecule has 146 valence electrons. The van der Waals surface area contributed by atoms with E-state index in [1.807, 2.05) is 6.07 Å². The Morgan fingerprint density at radius 3 is 2.68 bits per heavy atom. The van der Waals surface area contributed by atoms with E-state index in [0.717, 1.165) is 22.4 Å². The average Bonchev–Trinajstić information content (AvgIpc) is 2.96. The van der Waals surface area contributed by atoms with Crippen LogP contribution in [0, 0.1) is 27.7 Å². The largest absolute Gasteiger partial charge is 0.370 e. The van der Waals surface area contributed by atoms with E-state index >= 15 is 0 Å². The summed E-state index contributed by atoms with van der Waals surface area (Å²) in [5.74, 6) is 1.39. The predicted octanol–water partition coefficient (Wildman–Crippen LogP) is 3.77. The number of benzene rings is 1. The molecule has 4 rings (SSSR count). The van der Waals surface area contributed by atoms with Crippen LogP contribution in [0.3, 0.4) is 0 Å². The van der Waals surface area contributed by atoms with Crippen LogP contribution in [-0.4, -0.2) is 35.6 Å². The number of rotatable bonds is 4. The van der Waals surface area contributed by atoms with Gasteiger partial charge in [0.05, 0.1) is 18.7 Å². The molecular weight excluding hydrogens is 352 g/mol. The van der Waals surface area contributed by atoms with E-state index in [-0.39, 0.29) is 12.5 Å². The summed E-state index contributed by atoms with van der Waals surface area (Å²) in [5, 5.41) is 4.60. The molecule has 2 aromatic heterocycles. The summed E-state index contributed by atoms with van der Waals surface area (Å²) >= 11 is 0. The molecular formula is C22H26N4O2. The van der Waals surface area contributed by atoms with Crippen molar-refractivity contribution in [3.63, 3.8) is 0 Å². The second-order valence-electron chi connectivity index (χ2n) is 7.45. The molecule has 1 amide bonds. The van der Waals surface area contributed by atoms with Crippen molar-refractivity contribution in [2.45, 2.75) is 34.2 Å². The third kappa shape index (κ3) is 3.24. The summed E-state index contributed by atoms with van der Waals surface area (Å²) in [7, 11) is 0. The fourth-order valence-corrected chi connectivity index (χ4v) is 3.76. The molecule has 28 heavy (non-hydrogen) atoms. The normalized spacial score (nSPS) is 14.7. The van der Waals surface area contributed by atoms with Crippen molar-refractivity contribution in [3.05, 3.63) is 52.2 Å². The molecule has 0 unspecified atom stereocenters. The first-order chi connectivity index (χ1) is 13.5. The highest BCUT2D eigenvalue weighted by Crippen LogP contribution is 2.31. The van der Waals surface area contributed by atoms with Crippen LogP contribution in [0.1, 0.15) is 27.9 Å². The lowest BCUT2D eigenvalue weighted by atomic mass is 10.0. The van der Waals surface area contributed by atoms with Gasteiger partial charge in [-0.15, -0.1) is 0 Å². The van der Waals surface area contributed by atoms with Gasteiger partial charge in [-0.05, 0) is 56.0 Å². The monoisotopic (exact) mass is 378 g/mol. The number of fused-ring (bicyclic) bond motifs is 1. The van der Waals surface area contributed by atoms with E-state index in [4.69, 9.17) is 9.72 Å². The summed E-state index contributed by atoms with van der Waals surface area (Å²) in [6.07, 6.45) is 0. The Labute approximate surface area is 164 Å². The number of amides is 1. The Bertz CT molecular complexity index is 1030. The van der Waals surface area contributed by atoms with Gasteiger partial charge in [-0.1, -0.05) is 18.2 Å². The van der Waals surface area contributed by atoms with Gasteiger partial charge in [0.25, 0.3) is 5.91 Å². The maximum atomic E-state index is 12.3. The minimum Gasteiger partial charge on any atom is -0.370 e. The summed E-state index contributed by atoms with van der Waals surface area (Å²) in [5.41, 5.74) is 7.03. The molecule has 1 aromatic carbocycles. The fraction of sp³-hybridized carbons (Fsp3) is 0.364. The number of morpholine rings is 1. The molecule has 1 aliphatic heterocycles. The fourth-order valence-electron chi connectivity index (χ4n) is 3.76. The number of carbonyl (C=O) groups is 1. The van der Waals surface area contributed by atoms with Gasteiger partial charge < -0.3 is 15.0 Å². The van der Waals surface area contributed by atoms with Crippen LogP contribution in [0.25, 0.3) is 10.9 Å². The van der Waals surface area contributed by atoms with Crippen molar-refractivity contribution in [2.75, 3.05) is 30.0 Å². The van der Waals surface area contributed by atoms with Crippen LogP contribution < -0.4 is 10.2 Å². The number of H-pyrrole nitrogens is 1. The summed E-state index contributed by atoms with van der Waals surface area (Å²) in [4.78, 5) is 22.3. The third-order valence-corrected chi connectivity index (χ3v) is 5.62. The lowest BCUT2D eigenvalue weighted by molar-refractivity contribution is -0.125. The van der Waals surface area contributed by atoms with Crippen molar-refractivity contribution in [2.24, 2.45) is 0 Å². The van der Waals surface area contributed by atoms with Gasteiger partial charge in [-0.25, -0.2) is 4.98 Å². The molecule has 0 saturated carbocycles. The SMILES string of the molecule is Cc1cccc(C)c1CNc1nc(N2CCOCC2=O)cc2c(C)c(C)[nH]c12. The van der Waals surface area contributed by atoms with Crippen LogP contribution in [0.15, 0.2) is 24.3 Å². The number of aromatic nitrogens is 2. The Kier molecular flexibility index (Phi) is 4.81. The highest BCUT2D eigenvalue weighted by Gasteiger charge is 2.23. The molecule has 3 heterocycles. The highest BCUT2D eigenvalue weighted by atomic mass is 16.5. The zero-order chi connectivity index (χ0) is 19.8. The van der Waals surface area contributed by atoms with Crippen LogP contribution in [0.2, 0.25) is 0 Å². The van der Waals surface area contributed by atoms with E-state index in [1.165, 1.54) is 22.3 Å². The van der Waals surface area contributed by atoms with Crippen molar-refractivity contribution in [1.82, 2.24) is 9.97 Å². The standard InChI is InChI=1S/C22H26N4O2/c1-13-6-5-7-14(2)18(13)11-23-22-21-17(15(3)16(4)24-21)10-19(25-22)26-8-9-28-12-20(26)27/h5-7,10,24H,8-9,11-12H2,1-4H3,(H,23,25). The number of nitrogens with zero attached hydrogens (tertiary/aromatic N) is 2. The molecule has 0 radical (unpaired) electrons. The number of aryl methyl sites for hydroxylation is 4. The molecule has 0 aliphatic carbocycles. The molecule has 6 heteroatoms. The van der Waals surface area contributed by atoms with Crippen molar-refractivity contribution in [1.29, 1.82) is 0 Å². The van der Waals surface area contributed by atoms with E-state index in [2.05, 4.69) is 56.2 Å². The van der Waals surface area contributed by atoms with Gasteiger partial charge in [0, 0.05) is 17.6 Å². The maximum absolute atomic E-state index is 12.3. The number of hydrogen-bond acceptors (Lipinski definition) is 4. The topological polar surface area (TPSA) is 70.2 Å². The average molecular weight is 378 g/mol. The number of anilines is 2. The van der Waals surface area contributed by atoms with Crippen molar-refractivity contribution < 1.29 is 9.53 Å². The second kappa shape index (κ2) is 7.28. The van der Waals surface area contributed by atoms with E-state index in [9.17, 15) is 4.79 Å². The number of hydrogen-bond donors (Lipinski definition) is 2. The summed E-state index contributed by atoms with van der Waals surface area (Å²) in [6.45, 7) is 10.2. The number of nitrogens with one attached hydrogen (secondary N) is 2. The number of aromatic amines is 1. The smallest absolute Gasteiger partial charge is 0.254 e. The maximum Gasteiger partial charge on any atom is 0.254 e. The highest BCUT2D eigenvalue weighted by molar-refractivity contribution is 5.99. The molecule has 0 atom stereocenters. The van der Waals surface area contributed by atoms with E-state index in [0.29, 0.717) is 25.5 Å². The Morgan fingerprint density at radius 1 is 1.21 bits per heavy atom. The first-order valence-electron chi connectivity index (χ1n) is 9.62. The molecule has 6 nitrogen and oxygen atoms in total. The summed E-state index contributed by atoms with van der Waals surface area (Å²) < 4.78 is 5.27. The van der Waals surface area contributed by atoms with Crippen molar-refractivity contribution >= 4 is 28.4 Å². The Morgan fingerprint density at radius 2 is 1.96 bits per heavy atom. The van der Waals surface area contributed by atoms with Gasteiger partial charge in [-0.2, -0.15) is 0 Å². The van der Waals surface area contributed by atoms with Gasteiger partial charge >= 0.3 is 0 Å². The van der Waals surface area contributed by atoms with Gasteiger partial charge in [0.1, 0.15) is 12.4 Å². The molecule has 0 spiro atoms. The minimum atomic E-state index is -0.0521. The first-order valence-corrected chi connectivity index (χ1v) is 9.62. The zero-order valence-corrected chi connectivity index (χ0v) is 16.8. The zero-order valence-electron chi connectivity index (χ0n) is 16.8. The Balaban J connectivity index is 1.75. The quantitative estimate of drug-likeness (QED) is 0.725. The molecule has 0 bridgehead atoms. The van der Waals surface area contributed by atoms with Gasteiger partial charge in [-0.3, -0.25) is 9.69 Å². The minimum absolute atomic E-state index is 0.0521. The number of ether oxygens (including phenoxy) is 1. The van der Waals surface area contributed by atoms with Gasteiger partial charge in [0.2, 0.25) is 0 Å². The van der Waals surface area contributed by atoms with Crippen LogP contribution in [0.5, 0.6) is 0 Å².